The van der Waals surface area contributed by atoms with E-state index in [0.717, 1.165) is 18.5 Å². The predicted octanol–water partition coefficient (Wildman–Crippen LogP) is 2.77. The molecule has 1 heterocycles. The largest absolute Gasteiger partial charge is 0.389 e. The molecule has 6 heteroatoms. The minimum Gasteiger partial charge on any atom is -0.385 e. The van der Waals surface area contributed by atoms with Crippen molar-refractivity contribution in [1.82, 2.24) is 4.98 Å². The van der Waals surface area contributed by atoms with Crippen molar-refractivity contribution in [1.29, 1.82) is 0 Å². The van der Waals surface area contributed by atoms with E-state index in [-0.39, 0.29) is 5.56 Å². The second kappa shape index (κ2) is 4.37. The van der Waals surface area contributed by atoms with Crippen LogP contribution in [0.1, 0.15) is 25.3 Å². The van der Waals surface area contributed by atoms with Crippen molar-refractivity contribution in [2.45, 2.75) is 31.5 Å². The summed E-state index contributed by atoms with van der Waals surface area (Å²) >= 11 is 0. The van der Waals surface area contributed by atoms with Gasteiger partial charge in [-0.2, -0.15) is 13.2 Å². The summed E-state index contributed by atoms with van der Waals surface area (Å²) in [4.78, 5) is 3.48. The number of rotatable bonds is 3. The molecule has 1 N–H and O–H groups in total. The quantitative estimate of drug-likeness (QED) is 0.820. The molecule has 0 saturated carbocycles. The van der Waals surface area contributed by atoms with Gasteiger partial charge in [-0.25, -0.2) is 4.39 Å². The SMILES string of the molecule is CC(O)(CCC(F)(F)F)c1cncc(F)c1. The number of hydrogen-bond donors (Lipinski definition) is 1. The fourth-order valence-corrected chi connectivity index (χ4v) is 1.24. The van der Waals surface area contributed by atoms with E-state index in [1.54, 1.807) is 0 Å². The lowest BCUT2D eigenvalue weighted by Gasteiger charge is -2.24. The zero-order valence-corrected chi connectivity index (χ0v) is 8.55. The summed E-state index contributed by atoms with van der Waals surface area (Å²) < 4.78 is 48.7. The number of alkyl halides is 3. The van der Waals surface area contributed by atoms with Crippen LogP contribution in [0.2, 0.25) is 0 Å². The van der Waals surface area contributed by atoms with Gasteiger partial charge in [-0.15, -0.1) is 0 Å². The van der Waals surface area contributed by atoms with Gasteiger partial charge in [0.25, 0.3) is 0 Å². The Balaban J connectivity index is 2.77. The van der Waals surface area contributed by atoms with Crippen LogP contribution >= 0.6 is 0 Å². The van der Waals surface area contributed by atoms with Crippen LogP contribution in [0.15, 0.2) is 18.5 Å². The standard InChI is InChI=1S/C10H11F4NO/c1-9(16,2-3-10(12,13)14)7-4-8(11)6-15-5-7/h4-6,16H,2-3H2,1H3. The number of nitrogens with zero attached hydrogens (tertiary/aromatic N) is 1. The van der Waals surface area contributed by atoms with E-state index in [1.807, 2.05) is 0 Å². The molecule has 0 saturated heterocycles. The van der Waals surface area contributed by atoms with Crippen molar-refractivity contribution in [3.8, 4) is 0 Å². The smallest absolute Gasteiger partial charge is 0.385 e. The van der Waals surface area contributed by atoms with Crippen molar-refractivity contribution in [3.05, 3.63) is 29.8 Å². The molecule has 1 unspecified atom stereocenters. The molecule has 0 spiro atoms. The summed E-state index contributed by atoms with van der Waals surface area (Å²) in [5, 5.41) is 9.77. The minimum atomic E-state index is -4.34. The number of aromatic nitrogens is 1. The molecule has 1 rings (SSSR count). The predicted molar refractivity (Wildman–Crippen MR) is 49.1 cm³/mol. The van der Waals surface area contributed by atoms with Gasteiger partial charge in [0.15, 0.2) is 0 Å². The van der Waals surface area contributed by atoms with E-state index in [0.29, 0.717) is 0 Å². The van der Waals surface area contributed by atoms with Gasteiger partial charge in [0.05, 0.1) is 11.8 Å². The van der Waals surface area contributed by atoms with Crippen LogP contribution in [0.4, 0.5) is 17.6 Å². The Hall–Kier alpha value is -1.17. The summed E-state index contributed by atoms with van der Waals surface area (Å²) in [5.74, 6) is -0.690. The average molecular weight is 237 g/mol. The first-order valence-corrected chi connectivity index (χ1v) is 4.61. The first-order valence-electron chi connectivity index (χ1n) is 4.61. The summed E-state index contributed by atoms with van der Waals surface area (Å²) in [6, 6.07) is 0.976. The Kier molecular flexibility index (Phi) is 3.52. The third kappa shape index (κ3) is 3.77. The number of aliphatic hydroxyl groups is 1. The van der Waals surface area contributed by atoms with Crippen molar-refractivity contribution >= 4 is 0 Å². The van der Waals surface area contributed by atoms with Crippen LogP contribution in [0.5, 0.6) is 0 Å². The lowest BCUT2D eigenvalue weighted by Crippen LogP contribution is -2.24. The highest BCUT2D eigenvalue weighted by atomic mass is 19.4. The van der Waals surface area contributed by atoms with Gasteiger partial charge in [0.1, 0.15) is 5.82 Å². The van der Waals surface area contributed by atoms with Crippen LogP contribution in [-0.2, 0) is 5.60 Å². The topological polar surface area (TPSA) is 33.1 Å². The summed E-state index contributed by atoms with van der Waals surface area (Å²) in [6.45, 7) is 1.20. The maximum atomic E-state index is 12.8. The van der Waals surface area contributed by atoms with Crippen LogP contribution in [0.3, 0.4) is 0 Å². The Morgan fingerprint density at radius 3 is 2.38 bits per heavy atom. The molecule has 0 aliphatic rings. The Morgan fingerprint density at radius 2 is 1.88 bits per heavy atom. The molecule has 0 bridgehead atoms. The minimum absolute atomic E-state index is 0.0387. The summed E-state index contributed by atoms with van der Waals surface area (Å²) in [6.07, 6.45) is -3.92. The van der Waals surface area contributed by atoms with E-state index in [4.69, 9.17) is 0 Å². The van der Waals surface area contributed by atoms with Crippen LogP contribution < -0.4 is 0 Å². The van der Waals surface area contributed by atoms with Gasteiger partial charge in [-0.3, -0.25) is 4.98 Å². The molecule has 1 atom stereocenters. The molecule has 0 aromatic carbocycles. The van der Waals surface area contributed by atoms with Crippen molar-refractivity contribution in [2.24, 2.45) is 0 Å². The lowest BCUT2D eigenvalue weighted by atomic mass is 9.92. The number of pyridine rings is 1. The normalized spacial score (nSPS) is 15.9. The summed E-state index contributed by atoms with van der Waals surface area (Å²) in [5.41, 5.74) is -1.69. The van der Waals surface area contributed by atoms with E-state index in [9.17, 15) is 22.7 Å². The Labute approximate surface area is 89.9 Å². The third-order valence-corrected chi connectivity index (χ3v) is 2.22. The molecule has 0 amide bonds. The zero-order chi connectivity index (χ0) is 12.4. The van der Waals surface area contributed by atoms with Gasteiger partial charge in [0, 0.05) is 18.2 Å². The van der Waals surface area contributed by atoms with E-state index < -0.39 is 30.4 Å². The molecule has 1 aromatic rings. The lowest BCUT2D eigenvalue weighted by molar-refractivity contribution is -0.146. The van der Waals surface area contributed by atoms with Gasteiger partial charge < -0.3 is 5.11 Å². The maximum absolute atomic E-state index is 12.8. The number of hydrogen-bond acceptors (Lipinski definition) is 2. The second-order valence-electron chi connectivity index (χ2n) is 3.78. The molecule has 0 fully saturated rings. The summed E-state index contributed by atoms with van der Waals surface area (Å²) in [7, 11) is 0. The molecule has 16 heavy (non-hydrogen) atoms. The zero-order valence-electron chi connectivity index (χ0n) is 8.55. The third-order valence-electron chi connectivity index (χ3n) is 2.22. The van der Waals surface area contributed by atoms with Crippen molar-refractivity contribution < 1.29 is 22.7 Å². The van der Waals surface area contributed by atoms with Crippen LogP contribution in [0, 0.1) is 5.82 Å². The molecule has 0 radical (unpaired) electrons. The molecule has 2 nitrogen and oxygen atoms in total. The van der Waals surface area contributed by atoms with E-state index in [1.165, 1.54) is 6.92 Å². The van der Waals surface area contributed by atoms with E-state index in [2.05, 4.69) is 4.98 Å². The van der Waals surface area contributed by atoms with Crippen LogP contribution in [0.25, 0.3) is 0 Å². The van der Waals surface area contributed by atoms with Gasteiger partial charge in [-0.05, 0) is 19.4 Å². The number of halogens is 4. The molecule has 0 aliphatic heterocycles. The molecule has 1 aromatic heterocycles. The van der Waals surface area contributed by atoms with Crippen LogP contribution in [-0.4, -0.2) is 16.3 Å². The fraction of sp³-hybridized carbons (Fsp3) is 0.500. The molecular formula is C10H11F4NO. The Bertz CT molecular complexity index is 362. The van der Waals surface area contributed by atoms with Crippen molar-refractivity contribution in [2.75, 3.05) is 0 Å². The molecule has 90 valence electrons. The first-order chi connectivity index (χ1) is 7.21. The second-order valence-corrected chi connectivity index (χ2v) is 3.78. The first kappa shape index (κ1) is 12.9. The monoisotopic (exact) mass is 237 g/mol. The average Bonchev–Trinajstić information content (AvgIpc) is 2.14. The highest BCUT2D eigenvalue weighted by Gasteiger charge is 2.33. The highest BCUT2D eigenvalue weighted by molar-refractivity contribution is 5.17. The van der Waals surface area contributed by atoms with Gasteiger partial charge >= 0.3 is 6.18 Å². The fourth-order valence-electron chi connectivity index (χ4n) is 1.24. The Morgan fingerprint density at radius 1 is 1.25 bits per heavy atom. The molecular weight excluding hydrogens is 226 g/mol. The van der Waals surface area contributed by atoms with Crippen molar-refractivity contribution in [3.63, 3.8) is 0 Å². The van der Waals surface area contributed by atoms with E-state index >= 15 is 0 Å². The maximum Gasteiger partial charge on any atom is 0.389 e. The molecule has 0 aliphatic carbocycles. The van der Waals surface area contributed by atoms with Gasteiger partial charge in [-0.1, -0.05) is 0 Å². The highest BCUT2D eigenvalue weighted by Crippen LogP contribution is 2.31. The van der Waals surface area contributed by atoms with Gasteiger partial charge in [0.2, 0.25) is 0 Å².